The highest BCUT2D eigenvalue weighted by molar-refractivity contribution is 5.82. The first-order chi connectivity index (χ1) is 12.2. The number of rotatable bonds is 5. The normalized spacial score (nSPS) is 18.8. The van der Waals surface area contributed by atoms with Gasteiger partial charge in [0.1, 0.15) is 0 Å². The molecule has 126 valence electrons. The molecule has 2 atom stereocenters. The van der Waals surface area contributed by atoms with Crippen LogP contribution in [0.15, 0.2) is 59.1 Å². The number of amides is 1. The van der Waals surface area contributed by atoms with E-state index in [9.17, 15) is 4.79 Å². The number of aryl methyl sites for hydroxylation is 1. The maximum absolute atomic E-state index is 12.3. The molecule has 0 aliphatic heterocycles. The van der Waals surface area contributed by atoms with Crippen LogP contribution in [0.2, 0.25) is 0 Å². The third-order valence-electron chi connectivity index (χ3n) is 4.51. The van der Waals surface area contributed by atoms with Crippen LogP contribution >= 0.6 is 0 Å². The van der Waals surface area contributed by atoms with Crippen LogP contribution in [-0.4, -0.2) is 16.0 Å². The highest BCUT2D eigenvalue weighted by atomic mass is 16.5. The molecule has 5 heteroatoms. The minimum absolute atomic E-state index is 0.0468. The highest BCUT2D eigenvalue weighted by Crippen LogP contribution is 2.47. The van der Waals surface area contributed by atoms with E-state index in [2.05, 4.69) is 27.6 Å². The molecular weight excluding hydrogens is 314 g/mol. The summed E-state index contributed by atoms with van der Waals surface area (Å²) < 4.78 is 5.29. The summed E-state index contributed by atoms with van der Waals surface area (Å²) in [5.74, 6) is 1.39. The molecule has 1 heterocycles. The maximum atomic E-state index is 12.3. The Kier molecular flexibility index (Phi) is 4.06. The van der Waals surface area contributed by atoms with Gasteiger partial charge in [0.05, 0.1) is 6.54 Å². The van der Waals surface area contributed by atoms with Crippen molar-refractivity contribution in [2.45, 2.75) is 25.8 Å². The molecule has 25 heavy (non-hydrogen) atoms. The molecule has 2 unspecified atom stereocenters. The number of hydrogen-bond acceptors (Lipinski definition) is 4. The first-order valence-corrected chi connectivity index (χ1v) is 8.43. The van der Waals surface area contributed by atoms with Gasteiger partial charge in [-0.1, -0.05) is 53.2 Å². The molecule has 0 radical (unpaired) electrons. The molecule has 0 saturated heterocycles. The van der Waals surface area contributed by atoms with Gasteiger partial charge in [-0.3, -0.25) is 4.79 Å². The van der Waals surface area contributed by atoms with Crippen LogP contribution in [-0.2, 0) is 11.3 Å². The monoisotopic (exact) mass is 333 g/mol. The van der Waals surface area contributed by atoms with Crippen molar-refractivity contribution < 1.29 is 9.32 Å². The van der Waals surface area contributed by atoms with Crippen LogP contribution in [0.25, 0.3) is 11.5 Å². The van der Waals surface area contributed by atoms with E-state index in [0.717, 1.165) is 17.5 Å². The van der Waals surface area contributed by atoms with Crippen molar-refractivity contribution in [1.82, 2.24) is 15.5 Å². The number of carbonyl (C=O) groups excluding carboxylic acids is 1. The summed E-state index contributed by atoms with van der Waals surface area (Å²) in [6.07, 6.45) is 0.899. The zero-order valence-corrected chi connectivity index (χ0v) is 14.0. The third kappa shape index (κ3) is 3.45. The Morgan fingerprint density at radius 3 is 2.84 bits per heavy atom. The zero-order chi connectivity index (χ0) is 17.2. The largest absolute Gasteiger partial charge is 0.348 e. The maximum Gasteiger partial charge on any atom is 0.257 e. The van der Waals surface area contributed by atoms with Crippen molar-refractivity contribution >= 4 is 5.91 Å². The molecule has 1 amide bonds. The fraction of sp³-hybridized carbons (Fsp3) is 0.250. The van der Waals surface area contributed by atoms with Gasteiger partial charge >= 0.3 is 0 Å². The van der Waals surface area contributed by atoms with Gasteiger partial charge in [0.2, 0.25) is 5.91 Å². The highest BCUT2D eigenvalue weighted by Gasteiger charge is 2.43. The fourth-order valence-electron chi connectivity index (χ4n) is 3.07. The van der Waals surface area contributed by atoms with Crippen LogP contribution < -0.4 is 5.32 Å². The van der Waals surface area contributed by atoms with Gasteiger partial charge in [-0.25, -0.2) is 0 Å². The molecule has 1 aromatic heterocycles. The molecule has 3 aromatic rings. The standard InChI is InChI=1S/C20H19N3O2/c1-13-6-5-9-15(10-13)20-22-18(23-25-20)12-21-19(24)17-11-16(17)14-7-3-2-4-8-14/h2-10,16-17H,11-12H2,1H3,(H,21,24). The molecule has 0 spiro atoms. The lowest BCUT2D eigenvalue weighted by Gasteiger charge is -2.02. The van der Waals surface area contributed by atoms with E-state index in [4.69, 9.17) is 4.52 Å². The number of aromatic nitrogens is 2. The average molecular weight is 333 g/mol. The van der Waals surface area contributed by atoms with Crippen molar-refractivity contribution in [3.63, 3.8) is 0 Å². The van der Waals surface area contributed by atoms with Crippen molar-refractivity contribution in [2.75, 3.05) is 0 Å². The smallest absolute Gasteiger partial charge is 0.257 e. The van der Waals surface area contributed by atoms with Crippen LogP contribution in [0.5, 0.6) is 0 Å². The quantitative estimate of drug-likeness (QED) is 0.776. The summed E-state index contributed by atoms with van der Waals surface area (Å²) in [7, 11) is 0. The summed E-state index contributed by atoms with van der Waals surface area (Å²) in [5.41, 5.74) is 3.24. The summed E-state index contributed by atoms with van der Waals surface area (Å²) in [6.45, 7) is 2.30. The Balaban J connectivity index is 1.34. The average Bonchev–Trinajstić information content (AvgIpc) is 3.30. The van der Waals surface area contributed by atoms with Gasteiger partial charge in [0.25, 0.3) is 5.89 Å². The molecule has 5 nitrogen and oxygen atoms in total. The number of benzene rings is 2. The minimum Gasteiger partial charge on any atom is -0.348 e. The molecule has 2 aromatic carbocycles. The van der Waals surface area contributed by atoms with E-state index >= 15 is 0 Å². The molecule has 1 N–H and O–H groups in total. The van der Waals surface area contributed by atoms with Crippen molar-refractivity contribution in [3.8, 4) is 11.5 Å². The van der Waals surface area contributed by atoms with E-state index in [-0.39, 0.29) is 18.4 Å². The van der Waals surface area contributed by atoms with Crippen LogP contribution in [0.1, 0.15) is 29.3 Å². The zero-order valence-electron chi connectivity index (χ0n) is 14.0. The van der Waals surface area contributed by atoms with Crippen LogP contribution in [0.3, 0.4) is 0 Å². The predicted molar refractivity (Wildman–Crippen MR) is 93.6 cm³/mol. The lowest BCUT2D eigenvalue weighted by Crippen LogP contribution is -2.25. The van der Waals surface area contributed by atoms with Crippen LogP contribution in [0, 0.1) is 12.8 Å². The molecule has 1 saturated carbocycles. The minimum atomic E-state index is 0.0468. The Morgan fingerprint density at radius 2 is 2.04 bits per heavy atom. The van der Waals surface area contributed by atoms with Gasteiger partial charge in [-0.2, -0.15) is 4.98 Å². The molecule has 1 fully saturated rings. The Bertz CT molecular complexity index is 889. The third-order valence-corrected chi connectivity index (χ3v) is 4.51. The molecule has 1 aliphatic carbocycles. The van der Waals surface area contributed by atoms with E-state index < -0.39 is 0 Å². The second-order valence-corrected chi connectivity index (χ2v) is 6.46. The fourth-order valence-corrected chi connectivity index (χ4v) is 3.07. The lowest BCUT2D eigenvalue weighted by atomic mass is 10.1. The molecule has 1 aliphatic rings. The first kappa shape index (κ1) is 15.6. The van der Waals surface area contributed by atoms with Gasteiger partial charge in [0.15, 0.2) is 5.82 Å². The number of hydrogen-bond donors (Lipinski definition) is 1. The Hall–Kier alpha value is -2.95. The molecule has 4 rings (SSSR count). The Morgan fingerprint density at radius 1 is 1.20 bits per heavy atom. The van der Waals surface area contributed by atoms with Gasteiger partial charge < -0.3 is 9.84 Å². The number of carbonyl (C=O) groups is 1. The number of nitrogens with zero attached hydrogens (tertiary/aromatic N) is 2. The lowest BCUT2D eigenvalue weighted by molar-refractivity contribution is -0.122. The van der Waals surface area contributed by atoms with Gasteiger partial charge in [-0.15, -0.1) is 0 Å². The number of nitrogens with one attached hydrogen (secondary N) is 1. The summed E-state index contributed by atoms with van der Waals surface area (Å²) in [5, 5.41) is 6.86. The first-order valence-electron chi connectivity index (χ1n) is 8.43. The second-order valence-electron chi connectivity index (χ2n) is 6.46. The van der Waals surface area contributed by atoms with E-state index in [1.165, 1.54) is 5.56 Å². The van der Waals surface area contributed by atoms with Crippen molar-refractivity contribution in [1.29, 1.82) is 0 Å². The van der Waals surface area contributed by atoms with Gasteiger partial charge in [0, 0.05) is 11.5 Å². The van der Waals surface area contributed by atoms with Crippen LogP contribution in [0.4, 0.5) is 0 Å². The predicted octanol–water partition coefficient (Wildman–Crippen LogP) is 3.46. The summed E-state index contributed by atoms with van der Waals surface area (Å²) in [4.78, 5) is 16.6. The summed E-state index contributed by atoms with van der Waals surface area (Å²) in [6, 6.07) is 18.0. The summed E-state index contributed by atoms with van der Waals surface area (Å²) >= 11 is 0. The molecule has 0 bridgehead atoms. The Labute approximate surface area is 146 Å². The van der Waals surface area contributed by atoms with E-state index in [0.29, 0.717) is 17.6 Å². The topological polar surface area (TPSA) is 68.0 Å². The molecular formula is C20H19N3O2. The van der Waals surface area contributed by atoms with Gasteiger partial charge in [-0.05, 0) is 37.0 Å². The second kappa shape index (κ2) is 6.51. The van der Waals surface area contributed by atoms with E-state index in [1.54, 1.807) is 0 Å². The van der Waals surface area contributed by atoms with E-state index in [1.807, 2.05) is 49.4 Å². The van der Waals surface area contributed by atoms with Crippen molar-refractivity contribution in [2.24, 2.45) is 5.92 Å². The SMILES string of the molecule is Cc1cccc(-c2nc(CNC(=O)C3CC3c3ccccc3)no2)c1. The van der Waals surface area contributed by atoms with Crippen molar-refractivity contribution in [3.05, 3.63) is 71.5 Å².